The first kappa shape index (κ1) is 15.5. The monoisotopic (exact) mass is 330 g/mol. The van der Waals surface area contributed by atoms with E-state index in [-0.39, 0.29) is 12.4 Å². The molecule has 4 rings (SSSR count). The molecular weight excluding hydrogens is 308 g/mol. The fourth-order valence-electron chi connectivity index (χ4n) is 3.38. The maximum absolute atomic E-state index is 12.4. The molecule has 0 aliphatic carbocycles. The van der Waals surface area contributed by atoms with Gasteiger partial charge in [0.2, 0.25) is 6.79 Å². The van der Waals surface area contributed by atoms with Crippen molar-refractivity contribution >= 4 is 10.9 Å². The molecule has 0 amide bonds. The number of aromatic amines is 1. The Hall–Kier alpha value is -2.05. The Kier molecular flexibility index (Phi) is 4.16. The molecule has 3 heterocycles. The average Bonchev–Trinajstić information content (AvgIpc) is 3.24. The quantitative estimate of drug-likeness (QED) is 0.911. The zero-order valence-electron chi connectivity index (χ0n) is 13.8. The van der Waals surface area contributed by atoms with E-state index in [0.29, 0.717) is 18.4 Å². The van der Waals surface area contributed by atoms with Gasteiger partial charge in [-0.2, -0.15) is 0 Å². The molecule has 2 aromatic rings. The van der Waals surface area contributed by atoms with Crippen LogP contribution < -0.4 is 15.0 Å². The first-order valence-electron chi connectivity index (χ1n) is 8.52. The van der Waals surface area contributed by atoms with E-state index in [1.807, 2.05) is 18.2 Å². The number of hydrogen-bond donors (Lipinski definition) is 1. The van der Waals surface area contributed by atoms with Crippen molar-refractivity contribution in [2.45, 2.75) is 32.4 Å². The van der Waals surface area contributed by atoms with Gasteiger partial charge in [-0.3, -0.25) is 9.69 Å². The first-order chi connectivity index (χ1) is 11.7. The maximum Gasteiger partial charge on any atom is 0.252 e. The summed E-state index contributed by atoms with van der Waals surface area (Å²) in [6, 6.07) is 5.70. The minimum Gasteiger partial charge on any atom is -0.454 e. The fraction of sp³-hybridized carbons (Fsp3) is 0.500. The number of benzene rings is 1. The van der Waals surface area contributed by atoms with Crippen molar-refractivity contribution in [3.05, 3.63) is 34.1 Å². The van der Waals surface area contributed by atoms with Crippen molar-refractivity contribution in [1.29, 1.82) is 0 Å². The molecule has 0 bridgehead atoms. The van der Waals surface area contributed by atoms with Gasteiger partial charge in [0.25, 0.3) is 5.56 Å². The summed E-state index contributed by atoms with van der Waals surface area (Å²) in [5, 5.41) is 0.960. The SMILES string of the molecule is CCN(Cc1cc2cc3c(cc2[nH]c1=O)OCO3)CC1CCCO1. The highest BCUT2D eigenvalue weighted by molar-refractivity contribution is 5.83. The van der Waals surface area contributed by atoms with Crippen molar-refractivity contribution in [3.63, 3.8) is 0 Å². The highest BCUT2D eigenvalue weighted by Crippen LogP contribution is 2.35. The van der Waals surface area contributed by atoms with Crippen LogP contribution in [0.3, 0.4) is 0 Å². The minimum atomic E-state index is -0.0489. The second kappa shape index (κ2) is 6.45. The van der Waals surface area contributed by atoms with E-state index in [1.165, 1.54) is 0 Å². The Morgan fingerprint density at radius 1 is 1.25 bits per heavy atom. The van der Waals surface area contributed by atoms with E-state index in [9.17, 15) is 4.79 Å². The number of aromatic nitrogens is 1. The molecule has 24 heavy (non-hydrogen) atoms. The van der Waals surface area contributed by atoms with Crippen molar-refractivity contribution < 1.29 is 14.2 Å². The summed E-state index contributed by atoms with van der Waals surface area (Å²) in [4.78, 5) is 17.7. The van der Waals surface area contributed by atoms with Crippen LogP contribution in [-0.2, 0) is 11.3 Å². The summed E-state index contributed by atoms with van der Waals surface area (Å²) in [5.74, 6) is 1.41. The largest absolute Gasteiger partial charge is 0.454 e. The third-order valence-corrected chi connectivity index (χ3v) is 4.74. The molecular formula is C18H22N2O4. The number of likely N-dealkylation sites (N-methyl/N-ethyl adjacent to an activating group) is 1. The number of rotatable bonds is 5. The highest BCUT2D eigenvalue weighted by atomic mass is 16.7. The average molecular weight is 330 g/mol. The van der Waals surface area contributed by atoms with E-state index in [1.54, 1.807) is 0 Å². The zero-order chi connectivity index (χ0) is 16.5. The third kappa shape index (κ3) is 2.99. The summed E-state index contributed by atoms with van der Waals surface area (Å²) in [6.45, 7) is 5.58. The molecule has 6 heteroatoms. The van der Waals surface area contributed by atoms with Crippen molar-refractivity contribution in [2.24, 2.45) is 0 Å². The van der Waals surface area contributed by atoms with Crippen LogP contribution in [0.4, 0.5) is 0 Å². The smallest absolute Gasteiger partial charge is 0.252 e. The molecule has 128 valence electrons. The molecule has 1 N–H and O–H groups in total. The Balaban J connectivity index is 1.59. The number of hydrogen-bond acceptors (Lipinski definition) is 5. The summed E-state index contributed by atoms with van der Waals surface area (Å²) in [5.41, 5.74) is 1.49. The van der Waals surface area contributed by atoms with E-state index in [0.717, 1.165) is 54.8 Å². The maximum atomic E-state index is 12.4. The fourth-order valence-corrected chi connectivity index (χ4v) is 3.38. The predicted octanol–water partition coefficient (Wildman–Crippen LogP) is 2.26. The number of fused-ring (bicyclic) bond motifs is 2. The van der Waals surface area contributed by atoms with Gasteiger partial charge in [-0.25, -0.2) is 0 Å². The molecule has 1 aromatic heterocycles. The lowest BCUT2D eigenvalue weighted by Crippen LogP contribution is -2.33. The van der Waals surface area contributed by atoms with Gasteiger partial charge in [-0.1, -0.05) is 6.92 Å². The molecule has 1 fully saturated rings. The molecule has 2 aliphatic rings. The second-order valence-corrected chi connectivity index (χ2v) is 6.38. The lowest BCUT2D eigenvalue weighted by molar-refractivity contribution is 0.0724. The topological polar surface area (TPSA) is 63.8 Å². The van der Waals surface area contributed by atoms with Gasteiger partial charge >= 0.3 is 0 Å². The van der Waals surface area contributed by atoms with Gasteiger partial charge < -0.3 is 19.2 Å². The molecule has 1 aromatic carbocycles. The highest BCUT2D eigenvalue weighted by Gasteiger charge is 2.20. The van der Waals surface area contributed by atoms with E-state index >= 15 is 0 Å². The lowest BCUT2D eigenvalue weighted by Gasteiger charge is -2.23. The molecule has 1 saturated heterocycles. The normalized spacial score (nSPS) is 19.5. The summed E-state index contributed by atoms with van der Waals surface area (Å²) in [6.07, 6.45) is 2.53. The number of H-pyrrole nitrogens is 1. The van der Waals surface area contributed by atoms with Crippen LogP contribution in [0.25, 0.3) is 10.9 Å². The van der Waals surface area contributed by atoms with Crippen LogP contribution >= 0.6 is 0 Å². The first-order valence-corrected chi connectivity index (χ1v) is 8.52. The molecule has 6 nitrogen and oxygen atoms in total. The predicted molar refractivity (Wildman–Crippen MR) is 90.6 cm³/mol. The molecule has 0 saturated carbocycles. The van der Waals surface area contributed by atoms with Gasteiger partial charge in [0.15, 0.2) is 11.5 Å². The zero-order valence-corrected chi connectivity index (χ0v) is 13.8. The number of pyridine rings is 1. The van der Waals surface area contributed by atoms with E-state index < -0.39 is 0 Å². The molecule has 2 aliphatic heterocycles. The lowest BCUT2D eigenvalue weighted by atomic mass is 10.1. The standard InChI is InChI=1S/C18H22N2O4/c1-2-20(10-14-4-3-5-22-14)9-13-6-12-7-16-17(24-11-23-16)8-15(12)19-18(13)21/h6-8,14H,2-5,9-11H2,1H3,(H,19,21). The van der Waals surface area contributed by atoms with Gasteiger partial charge in [0, 0.05) is 36.7 Å². The molecule has 0 spiro atoms. The van der Waals surface area contributed by atoms with Gasteiger partial charge in [-0.15, -0.1) is 0 Å². The van der Waals surface area contributed by atoms with Crippen molar-refractivity contribution in [2.75, 3.05) is 26.5 Å². The van der Waals surface area contributed by atoms with Crippen LogP contribution in [0.2, 0.25) is 0 Å². The van der Waals surface area contributed by atoms with Crippen LogP contribution in [0.15, 0.2) is 23.0 Å². The summed E-state index contributed by atoms with van der Waals surface area (Å²) in [7, 11) is 0. The number of nitrogens with zero attached hydrogens (tertiary/aromatic N) is 1. The van der Waals surface area contributed by atoms with Gasteiger partial charge in [0.1, 0.15) is 0 Å². The van der Waals surface area contributed by atoms with Gasteiger partial charge in [-0.05, 0) is 31.5 Å². The Bertz CT molecular complexity index is 795. The molecule has 1 unspecified atom stereocenters. The Morgan fingerprint density at radius 3 is 2.83 bits per heavy atom. The number of ether oxygens (including phenoxy) is 3. The van der Waals surface area contributed by atoms with Gasteiger partial charge in [0.05, 0.1) is 11.6 Å². The van der Waals surface area contributed by atoms with Crippen LogP contribution in [0.5, 0.6) is 11.5 Å². The minimum absolute atomic E-state index is 0.0489. The van der Waals surface area contributed by atoms with Crippen LogP contribution in [0, 0.1) is 0 Å². The molecule has 1 atom stereocenters. The van der Waals surface area contributed by atoms with E-state index in [4.69, 9.17) is 14.2 Å². The van der Waals surface area contributed by atoms with Crippen LogP contribution in [-0.4, -0.2) is 42.5 Å². The Labute approximate surface area is 140 Å². The van der Waals surface area contributed by atoms with Crippen molar-refractivity contribution in [3.8, 4) is 11.5 Å². The summed E-state index contributed by atoms with van der Waals surface area (Å²) >= 11 is 0. The Morgan fingerprint density at radius 2 is 2.08 bits per heavy atom. The number of nitrogens with one attached hydrogen (secondary N) is 1. The van der Waals surface area contributed by atoms with Crippen LogP contribution in [0.1, 0.15) is 25.3 Å². The molecule has 0 radical (unpaired) electrons. The van der Waals surface area contributed by atoms with E-state index in [2.05, 4.69) is 16.8 Å². The summed E-state index contributed by atoms with van der Waals surface area (Å²) < 4.78 is 16.5. The van der Waals surface area contributed by atoms with Crippen molar-refractivity contribution in [1.82, 2.24) is 9.88 Å². The second-order valence-electron chi connectivity index (χ2n) is 6.38. The third-order valence-electron chi connectivity index (χ3n) is 4.74.